The lowest BCUT2D eigenvalue weighted by Crippen LogP contribution is -2.45. The number of benzene rings is 2. The standard InChI is InChI=1S/C25H18FN3O4S/c1-13-19(23(30)32-2)20-21(34-13)25(17(11-27)22(28)33-20)16-5-3-4-6-18(16)29(24(25)31)12-14-7-9-15(26)10-8-14/h3-10H,12,28H2,1-2H3/t25-/m1/s1. The first kappa shape index (κ1) is 21.7. The van der Waals surface area contributed by atoms with Crippen LogP contribution in [0.3, 0.4) is 0 Å². The maximum Gasteiger partial charge on any atom is 0.342 e. The Morgan fingerprint density at radius 2 is 1.97 bits per heavy atom. The van der Waals surface area contributed by atoms with Crippen molar-refractivity contribution in [1.82, 2.24) is 0 Å². The maximum atomic E-state index is 14.3. The Labute approximate surface area is 198 Å². The molecule has 7 nitrogen and oxygen atoms in total. The van der Waals surface area contributed by atoms with Crippen molar-refractivity contribution in [1.29, 1.82) is 5.26 Å². The fraction of sp³-hybridized carbons (Fsp3) is 0.160. The quantitative estimate of drug-likeness (QED) is 0.576. The summed E-state index contributed by atoms with van der Waals surface area (Å²) in [5.74, 6) is -1.53. The van der Waals surface area contributed by atoms with Gasteiger partial charge in [-0.3, -0.25) is 4.79 Å². The van der Waals surface area contributed by atoms with E-state index in [4.69, 9.17) is 15.2 Å². The number of thiophene rings is 1. The van der Waals surface area contributed by atoms with Gasteiger partial charge >= 0.3 is 5.97 Å². The summed E-state index contributed by atoms with van der Waals surface area (Å²) in [5.41, 5.74) is 6.60. The Balaban J connectivity index is 1.78. The van der Waals surface area contributed by atoms with Gasteiger partial charge in [-0.2, -0.15) is 5.26 Å². The van der Waals surface area contributed by atoms with E-state index in [-0.39, 0.29) is 35.1 Å². The second-order valence-corrected chi connectivity index (χ2v) is 9.15. The molecule has 0 saturated carbocycles. The minimum atomic E-state index is -1.58. The molecule has 2 aliphatic rings. The topological polar surface area (TPSA) is 106 Å². The number of carbonyl (C=O) groups excluding carboxylic acids is 2. The van der Waals surface area contributed by atoms with E-state index in [0.29, 0.717) is 26.6 Å². The van der Waals surface area contributed by atoms with Gasteiger partial charge in [0, 0.05) is 16.1 Å². The molecule has 3 heterocycles. The first-order chi connectivity index (χ1) is 16.3. The lowest BCUT2D eigenvalue weighted by Gasteiger charge is -2.32. The number of carbonyl (C=O) groups is 2. The molecule has 3 aromatic rings. The van der Waals surface area contributed by atoms with Gasteiger partial charge in [0.05, 0.1) is 18.5 Å². The van der Waals surface area contributed by atoms with Gasteiger partial charge in [0.25, 0.3) is 0 Å². The highest BCUT2D eigenvalue weighted by Crippen LogP contribution is 2.58. The summed E-state index contributed by atoms with van der Waals surface area (Å²) < 4.78 is 24.1. The lowest BCUT2D eigenvalue weighted by molar-refractivity contribution is -0.121. The van der Waals surface area contributed by atoms with Crippen molar-refractivity contribution >= 4 is 28.9 Å². The number of aryl methyl sites for hydroxylation is 1. The number of ether oxygens (including phenoxy) is 2. The first-order valence-electron chi connectivity index (χ1n) is 10.3. The predicted molar refractivity (Wildman–Crippen MR) is 123 cm³/mol. The Morgan fingerprint density at radius 1 is 1.26 bits per heavy atom. The molecule has 2 aromatic carbocycles. The zero-order valence-electron chi connectivity index (χ0n) is 18.2. The number of rotatable bonds is 3. The molecule has 1 amide bonds. The zero-order valence-corrected chi connectivity index (χ0v) is 19.0. The third kappa shape index (κ3) is 2.79. The van der Waals surface area contributed by atoms with Crippen molar-refractivity contribution in [3.05, 3.63) is 92.2 Å². The van der Waals surface area contributed by atoms with Crippen LogP contribution >= 0.6 is 11.3 Å². The van der Waals surface area contributed by atoms with E-state index in [9.17, 15) is 19.2 Å². The number of hydrogen-bond donors (Lipinski definition) is 1. The third-order valence-electron chi connectivity index (χ3n) is 6.13. The summed E-state index contributed by atoms with van der Waals surface area (Å²) in [6.07, 6.45) is 0. The molecule has 0 radical (unpaired) electrons. The predicted octanol–water partition coefficient (Wildman–Crippen LogP) is 3.90. The molecule has 34 heavy (non-hydrogen) atoms. The van der Waals surface area contributed by atoms with Crippen LogP contribution in [0.25, 0.3) is 0 Å². The van der Waals surface area contributed by atoms with E-state index in [2.05, 4.69) is 6.07 Å². The van der Waals surface area contributed by atoms with Crippen LogP contribution < -0.4 is 15.4 Å². The van der Waals surface area contributed by atoms with Crippen LogP contribution in [0.2, 0.25) is 0 Å². The largest absolute Gasteiger partial charge is 0.465 e. The summed E-state index contributed by atoms with van der Waals surface area (Å²) in [6.45, 7) is 1.87. The lowest BCUT2D eigenvalue weighted by atomic mass is 9.72. The fourth-order valence-corrected chi connectivity index (χ4v) is 5.92. The average molecular weight is 476 g/mol. The van der Waals surface area contributed by atoms with Crippen LogP contribution in [-0.4, -0.2) is 19.0 Å². The molecule has 0 fully saturated rings. The second-order valence-electron chi connectivity index (χ2n) is 7.92. The highest BCUT2D eigenvalue weighted by Gasteiger charge is 2.60. The molecule has 5 rings (SSSR count). The summed E-state index contributed by atoms with van der Waals surface area (Å²) in [4.78, 5) is 29.4. The number of amides is 1. The molecule has 0 saturated heterocycles. The van der Waals surface area contributed by atoms with Crippen LogP contribution in [0.15, 0.2) is 60.0 Å². The summed E-state index contributed by atoms with van der Waals surface area (Å²) in [6, 6.07) is 15.1. The summed E-state index contributed by atoms with van der Waals surface area (Å²) in [7, 11) is 1.25. The van der Waals surface area contributed by atoms with E-state index >= 15 is 0 Å². The van der Waals surface area contributed by atoms with E-state index in [1.54, 1.807) is 48.2 Å². The van der Waals surface area contributed by atoms with E-state index in [1.165, 1.54) is 30.6 Å². The minimum absolute atomic E-state index is 0.0447. The molecule has 1 spiro atoms. The number of para-hydroxylation sites is 1. The average Bonchev–Trinajstić information content (AvgIpc) is 3.28. The van der Waals surface area contributed by atoms with Gasteiger partial charge in [0.1, 0.15) is 23.0 Å². The Bertz CT molecular complexity index is 1440. The number of hydrogen-bond acceptors (Lipinski definition) is 7. The second kappa shape index (κ2) is 7.71. The molecule has 0 unspecified atom stereocenters. The van der Waals surface area contributed by atoms with Gasteiger partial charge in [-0.15, -0.1) is 11.3 Å². The molecule has 170 valence electrons. The van der Waals surface area contributed by atoms with E-state index in [0.717, 1.165) is 0 Å². The van der Waals surface area contributed by atoms with Gasteiger partial charge in [0.2, 0.25) is 11.8 Å². The molecular weight excluding hydrogens is 457 g/mol. The van der Waals surface area contributed by atoms with E-state index in [1.807, 2.05) is 0 Å². The van der Waals surface area contributed by atoms with Gasteiger partial charge in [-0.1, -0.05) is 30.3 Å². The SMILES string of the molecule is COC(=O)c1c(C)sc2c1OC(N)=C(C#N)[C@@]21C(=O)N(Cc2ccc(F)cc2)c2ccccc21. The van der Waals surface area contributed by atoms with E-state index < -0.39 is 17.3 Å². The number of nitriles is 1. The molecule has 1 aromatic heterocycles. The van der Waals surface area contributed by atoms with Crippen LogP contribution in [0, 0.1) is 24.1 Å². The highest BCUT2D eigenvalue weighted by atomic mass is 32.1. The molecule has 1 atom stereocenters. The third-order valence-corrected chi connectivity index (χ3v) is 7.34. The fourth-order valence-electron chi connectivity index (χ4n) is 4.65. The molecule has 0 bridgehead atoms. The smallest absolute Gasteiger partial charge is 0.342 e. The van der Waals surface area contributed by atoms with Gasteiger partial charge in [-0.25, -0.2) is 9.18 Å². The normalized spacial score (nSPS) is 18.4. The summed E-state index contributed by atoms with van der Waals surface area (Å²) in [5, 5.41) is 10.1. The Morgan fingerprint density at radius 3 is 2.65 bits per heavy atom. The summed E-state index contributed by atoms with van der Waals surface area (Å²) >= 11 is 1.19. The highest BCUT2D eigenvalue weighted by molar-refractivity contribution is 7.13. The van der Waals surface area contributed by atoms with Gasteiger partial charge < -0.3 is 20.1 Å². The monoisotopic (exact) mass is 475 g/mol. The van der Waals surface area contributed by atoms with Gasteiger partial charge in [-0.05, 0) is 30.7 Å². The molecule has 9 heteroatoms. The number of nitrogens with two attached hydrogens (primary N) is 1. The number of anilines is 1. The minimum Gasteiger partial charge on any atom is -0.465 e. The molecule has 2 N–H and O–H groups in total. The number of halogens is 1. The van der Waals surface area contributed by atoms with Crippen LogP contribution in [0.5, 0.6) is 5.75 Å². The van der Waals surface area contributed by atoms with Crippen molar-refractivity contribution in [3.63, 3.8) is 0 Å². The molecule has 0 aliphatic carbocycles. The van der Waals surface area contributed by atoms with Crippen molar-refractivity contribution < 1.29 is 23.5 Å². The zero-order chi connectivity index (χ0) is 24.2. The Hall–Kier alpha value is -4.16. The number of nitrogens with zero attached hydrogens (tertiary/aromatic N) is 2. The van der Waals surface area contributed by atoms with Gasteiger partial charge in [0.15, 0.2) is 11.2 Å². The number of fused-ring (bicyclic) bond motifs is 4. The Kier molecular flexibility index (Phi) is 4.92. The van der Waals surface area contributed by atoms with Crippen LogP contribution in [0.1, 0.15) is 31.2 Å². The maximum absolute atomic E-state index is 14.3. The van der Waals surface area contributed by atoms with Crippen LogP contribution in [0.4, 0.5) is 10.1 Å². The van der Waals surface area contributed by atoms with Crippen LogP contribution in [-0.2, 0) is 21.5 Å². The number of methoxy groups -OCH3 is 1. The molecule has 2 aliphatic heterocycles. The first-order valence-corrected chi connectivity index (χ1v) is 11.1. The van der Waals surface area contributed by atoms with Crippen molar-refractivity contribution in [2.45, 2.75) is 18.9 Å². The molecular formula is C25H18FN3O4S. The number of esters is 1. The van der Waals surface area contributed by atoms with Crippen molar-refractivity contribution in [2.75, 3.05) is 12.0 Å². The van der Waals surface area contributed by atoms with Crippen molar-refractivity contribution in [3.8, 4) is 11.8 Å². The van der Waals surface area contributed by atoms with Crippen molar-refractivity contribution in [2.24, 2.45) is 5.73 Å².